The van der Waals surface area contributed by atoms with Crippen molar-refractivity contribution in [3.05, 3.63) is 60.1 Å². The monoisotopic (exact) mass is 370 g/mol. The summed E-state index contributed by atoms with van der Waals surface area (Å²) < 4.78 is 11.2. The average Bonchev–Trinajstić information content (AvgIpc) is 3.20. The average molecular weight is 370 g/mol. The van der Waals surface area contributed by atoms with Crippen LogP contribution in [0.1, 0.15) is 43.0 Å². The molecule has 0 bridgehead atoms. The van der Waals surface area contributed by atoms with Gasteiger partial charge in [-0.15, -0.1) is 0 Å². The van der Waals surface area contributed by atoms with Gasteiger partial charge in [0.15, 0.2) is 5.76 Å². The number of furan rings is 1. The maximum Gasteiger partial charge on any atom is 0.287 e. The third kappa shape index (κ3) is 4.57. The number of amides is 2. The number of hydrogen-bond acceptors (Lipinski definition) is 4. The lowest BCUT2D eigenvalue weighted by atomic mass is 10.0. The van der Waals surface area contributed by atoms with Gasteiger partial charge in [-0.25, -0.2) is 0 Å². The lowest BCUT2D eigenvalue weighted by Gasteiger charge is -2.39. The van der Waals surface area contributed by atoms with E-state index in [0.717, 1.165) is 5.56 Å². The van der Waals surface area contributed by atoms with Gasteiger partial charge in [0.1, 0.15) is 12.1 Å². The number of rotatable bonds is 5. The van der Waals surface area contributed by atoms with Crippen molar-refractivity contribution < 1.29 is 18.7 Å². The molecule has 3 unspecified atom stereocenters. The van der Waals surface area contributed by atoms with Crippen molar-refractivity contribution in [2.75, 3.05) is 13.1 Å². The molecule has 1 aliphatic rings. The smallest absolute Gasteiger partial charge is 0.287 e. The normalized spacial score (nSPS) is 21.1. The first-order valence-corrected chi connectivity index (χ1v) is 9.29. The Labute approximate surface area is 159 Å². The standard InChI is InChI=1S/C21H26N2O4/c1-14(2)19(22-20(24)17-10-7-11-26-17)21(25)23-12-15(3)27-18(13-23)16-8-5-4-6-9-16/h4-11,14-15,18-19H,12-13H2,1-3H3,(H,22,24). The summed E-state index contributed by atoms with van der Waals surface area (Å²) in [5, 5.41) is 2.82. The minimum Gasteiger partial charge on any atom is -0.459 e. The topological polar surface area (TPSA) is 71.8 Å². The van der Waals surface area contributed by atoms with E-state index in [-0.39, 0.29) is 35.7 Å². The zero-order chi connectivity index (χ0) is 19.4. The van der Waals surface area contributed by atoms with Crippen molar-refractivity contribution in [1.29, 1.82) is 0 Å². The van der Waals surface area contributed by atoms with Gasteiger partial charge in [-0.3, -0.25) is 9.59 Å². The highest BCUT2D eigenvalue weighted by atomic mass is 16.5. The first-order chi connectivity index (χ1) is 13.0. The Balaban J connectivity index is 1.73. The van der Waals surface area contributed by atoms with Gasteiger partial charge < -0.3 is 19.4 Å². The number of hydrogen-bond donors (Lipinski definition) is 1. The van der Waals surface area contributed by atoms with Gasteiger partial charge in [0, 0.05) is 6.54 Å². The maximum atomic E-state index is 13.2. The fourth-order valence-electron chi connectivity index (χ4n) is 3.31. The van der Waals surface area contributed by atoms with Gasteiger partial charge in [-0.2, -0.15) is 0 Å². The minimum absolute atomic E-state index is 0.0512. The lowest BCUT2D eigenvalue weighted by Crippen LogP contribution is -2.55. The Morgan fingerprint density at radius 2 is 1.85 bits per heavy atom. The molecule has 6 nitrogen and oxygen atoms in total. The maximum absolute atomic E-state index is 13.2. The van der Waals surface area contributed by atoms with E-state index in [1.54, 1.807) is 17.0 Å². The highest BCUT2D eigenvalue weighted by molar-refractivity contribution is 5.95. The molecule has 0 aliphatic carbocycles. The second kappa shape index (κ2) is 8.39. The van der Waals surface area contributed by atoms with E-state index >= 15 is 0 Å². The van der Waals surface area contributed by atoms with Gasteiger partial charge in [0.2, 0.25) is 5.91 Å². The van der Waals surface area contributed by atoms with Crippen molar-refractivity contribution in [2.45, 2.75) is 39.0 Å². The number of morpholine rings is 1. The number of ether oxygens (including phenoxy) is 1. The van der Waals surface area contributed by atoms with E-state index in [0.29, 0.717) is 13.1 Å². The lowest BCUT2D eigenvalue weighted by molar-refractivity contribution is -0.147. The van der Waals surface area contributed by atoms with Crippen LogP contribution >= 0.6 is 0 Å². The molecule has 1 fully saturated rings. The zero-order valence-corrected chi connectivity index (χ0v) is 15.9. The number of nitrogens with one attached hydrogen (secondary N) is 1. The second-order valence-electron chi connectivity index (χ2n) is 7.26. The van der Waals surface area contributed by atoms with Crippen molar-refractivity contribution in [3.8, 4) is 0 Å². The summed E-state index contributed by atoms with van der Waals surface area (Å²) in [5.74, 6) is -0.329. The Bertz CT molecular complexity index is 758. The molecule has 3 atom stereocenters. The SMILES string of the molecule is CC1CN(C(=O)C(NC(=O)c2ccco2)C(C)C)CC(c2ccccc2)O1. The summed E-state index contributed by atoms with van der Waals surface area (Å²) in [5.41, 5.74) is 1.04. The molecular formula is C21H26N2O4. The van der Waals surface area contributed by atoms with Crippen LogP contribution in [0.4, 0.5) is 0 Å². The number of benzene rings is 1. The molecule has 2 amide bonds. The Morgan fingerprint density at radius 1 is 1.11 bits per heavy atom. The molecule has 1 saturated heterocycles. The number of carbonyl (C=O) groups is 2. The minimum atomic E-state index is -0.621. The van der Waals surface area contributed by atoms with Crippen LogP contribution in [0.5, 0.6) is 0 Å². The summed E-state index contributed by atoms with van der Waals surface area (Å²) >= 11 is 0. The van der Waals surface area contributed by atoms with E-state index in [1.807, 2.05) is 51.1 Å². The molecule has 144 valence electrons. The first-order valence-electron chi connectivity index (χ1n) is 9.29. The van der Waals surface area contributed by atoms with E-state index in [9.17, 15) is 9.59 Å². The summed E-state index contributed by atoms with van der Waals surface area (Å²) in [7, 11) is 0. The van der Waals surface area contributed by atoms with Crippen LogP contribution in [0.3, 0.4) is 0 Å². The Kier molecular flexibility index (Phi) is 5.96. The molecule has 2 heterocycles. The van der Waals surface area contributed by atoms with Gasteiger partial charge in [-0.1, -0.05) is 44.2 Å². The van der Waals surface area contributed by atoms with E-state index in [4.69, 9.17) is 9.15 Å². The van der Waals surface area contributed by atoms with Crippen molar-refractivity contribution in [1.82, 2.24) is 10.2 Å². The molecular weight excluding hydrogens is 344 g/mol. The molecule has 27 heavy (non-hydrogen) atoms. The van der Waals surface area contributed by atoms with Gasteiger partial charge >= 0.3 is 0 Å². The number of carbonyl (C=O) groups excluding carboxylic acids is 2. The summed E-state index contributed by atoms with van der Waals surface area (Å²) in [6.07, 6.45) is 1.18. The predicted octanol–water partition coefficient (Wildman–Crippen LogP) is 3.02. The third-order valence-corrected chi connectivity index (χ3v) is 4.71. The highest BCUT2D eigenvalue weighted by Crippen LogP contribution is 2.26. The molecule has 1 aromatic heterocycles. The van der Waals surface area contributed by atoms with Gasteiger partial charge in [-0.05, 0) is 30.5 Å². The van der Waals surface area contributed by atoms with Crippen molar-refractivity contribution in [3.63, 3.8) is 0 Å². The molecule has 1 aromatic carbocycles. The third-order valence-electron chi connectivity index (χ3n) is 4.71. The molecule has 3 rings (SSSR count). The quantitative estimate of drug-likeness (QED) is 0.878. The molecule has 0 spiro atoms. The van der Waals surface area contributed by atoms with Crippen molar-refractivity contribution >= 4 is 11.8 Å². The van der Waals surface area contributed by atoms with Crippen LogP contribution in [0.2, 0.25) is 0 Å². The van der Waals surface area contributed by atoms with Crippen LogP contribution in [0, 0.1) is 5.92 Å². The van der Waals surface area contributed by atoms with Gasteiger partial charge in [0.25, 0.3) is 5.91 Å². The number of nitrogens with zero attached hydrogens (tertiary/aromatic N) is 1. The summed E-state index contributed by atoms with van der Waals surface area (Å²) in [6, 6.07) is 12.5. The summed E-state index contributed by atoms with van der Waals surface area (Å²) in [4.78, 5) is 27.3. The molecule has 2 aromatic rings. The van der Waals surface area contributed by atoms with Gasteiger partial charge in [0.05, 0.1) is 18.9 Å². The van der Waals surface area contributed by atoms with Crippen molar-refractivity contribution in [2.24, 2.45) is 5.92 Å². The molecule has 0 radical (unpaired) electrons. The van der Waals surface area contributed by atoms with Crippen LogP contribution in [0.25, 0.3) is 0 Å². The largest absolute Gasteiger partial charge is 0.459 e. The molecule has 1 aliphatic heterocycles. The highest BCUT2D eigenvalue weighted by Gasteiger charge is 2.35. The molecule has 0 saturated carbocycles. The predicted molar refractivity (Wildman–Crippen MR) is 101 cm³/mol. The van der Waals surface area contributed by atoms with E-state index in [2.05, 4.69) is 5.32 Å². The summed E-state index contributed by atoms with van der Waals surface area (Å²) in [6.45, 7) is 6.77. The van der Waals surface area contributed by atoms with Crippen LogP contribution < -0.4 is 5.32 Å². The van der Waals surface area contributed by atoms with Crippen LogP contribution in [0.15, 0.2) is 53.1 Å². The van der Waals surface area contributed by atoms with Crippen LogP contribution in [-0.2, 0) is 9.53 Å². The fraction of sp³-hybridized carbons (Fsp3) is 0.429. The molecule has 6 heteroatoms. The Hall–Kier alpha value is -2.60. The first kappa shape index (κ1) is 19.2. The zero-order valence-electron chi connectivity index (χ0n) is 15.9. The fourth-order valence-corrected chi connectivity index (χ4v) is 3.31. The molecule has 1 N–H and O–H groups in total. The Morgan fingerprint density at radius 3 is 2.48 bits per heavy atom. The van der Waals surface area contributed by atoms with E-state index in [1.165, 1.54) is 6.26 Å². The van der Waals surface area contributed by atoms with E-state index < -0.39 is 6.04 Å². The van der Waals surface area contributed by atoms with Crippen LogP contribution in [-0.4, -0.2) is 41.9 Å². The second-order valence-corrected chi connectivity index (χ2v) is 7.26.